The van der Waals surface area contributed by atoms with Crippen molar-refractivity contribution in [3.63, 3.8) is 0 Å². The zero-order valence-electron chi connectivity index (χ0n) is 13.4. The first-order valence-corrected chi connectivity index (χ1v) is 8.89. The van der Waals surface area contributed by atoms with E-state index in [4.69, 9.17) is 8.92 Å². The number of fused-ring (bicyclic) bond motifs is 1. The van der Waals surface area contributed by atoms with Crippen LogP contribution in [0, 0.1) is 6.92 Å². The van der Waals surface area contributed by atoms with Gasteiger partial charge in [-0.05, 0) is 31.2 Å². The Morgan fingerprint density at radius 3 is 2.75 bits per heavy atom. The second-order valence-corrected chi connectivity index (χ2v) is 6.93. The Balaban J connectivity index is 2.04. The summed E-state index contributed by atoms with van der Waals surface area (Å²) in [5.74, 6) is 0.704. The number of nitrogens with zero attached hydrogens (tertiary/aromatic N) is 4. The summed E-state index contributed by atoms with van der Waals surface area (Å²) in [6.45, 7) is 1.72. The molecule has 9 heteroatoms. The van der Waals surface area contributed by atoms with E-state index >= 15 is 0 Å². The number of aromatic nitrogens is 4. The maximum atomic E-state index is 11.1. The van der Waals surface area contributed by atoms with E-state index in [-0.39, 0.29) is 6.61 Å². The van der Waals surface area contributed by atoms with Crippen LogP contribution in [-0.4, -0.2) is 41.8 Å². The first-order chi connectivity index (χ1) is 11.4. The molecule has 0 fully saturated rings. The average molecular weight is 348 g/mol. The smallest absolute Gasteiger partial charge is 0.264 e. The SMILES string of the molecule is COc1ccc2nc(C)cc(-n3cc(COS(C)(=O)=O)nn3)c2c1. The molecule has 8 nitrogen and oxygen atoms in total. The molecular formula is C15H16N4O4S. The van der Waals surface area contributed by atoms with Crippen molar-refractivity contribution in [2.24, 2.45) is 0 Å². The molecule has 3 rings (SSSR count). The fraction of sp³-hybridized carbons (Fsp3) is 0.267. The summed E-state index contributed by atoms with van der Waals surface area (Å²) in [6.07, 6.45) is 2.61. The lowest BCUT2D eigenvalue weighted by Crippen LogP contribution is -2.02. The first kappa shape index (κ1) is 16.3. The molecule has 0 spiro atoms. The van der Waals surface area contributed by atoms with Crippen LogP contribution in [0.4, 0.5) is 0 Å². The third kappa shape index (κ3) is 3.52. The van der Waals surface area contributed by atoms with Crippen molar-refractivity contribution in [3.05, 3.63) is 41.9 Å². The molecule has 0 unspecified atom stereocenters. The van der Waals surface area contributed by atoms with E-state index in [0.717, 1.165) is 28.5 Å². The van der Waals surface area contributed by atoms with Gasteiger partial charge in [-0.25, -0.2) is 4.68 Å². The molecule has 2 heterocycles. The van der Waals surface area contributed by atoms with Gasteiger partial charge in [0.2, 0.25) is 0 Å². The zero-order chi connectivity index (χ0) is 17.3. The third-order valence-electron chi connectivity index (χ3n) is 3.33. The minimum absolute atomic E-state index is 0.163. The maximum absolute atomic E-state index is 11.1. The molecule has 0 N–H and O–H groups in total. The van der Waals surface area contributed by atoms with Gasteiger partial charge in [0, 0.05) is 11.1 Å². The molecule has 0 aliphatic carbocycles. The normalized spacial score (nSPS) is 11.8. The Morgan fingerprint density at radius 2 is 2.04 bits per heavy atom. The van der Waals surface area contributed by atoms with Crippen LogP contribution in [-0.2, 0) is 20.9 Å². The predicted molar refractivity (Wildman–Crippen MR) is 87.6 cm³/mol. The lowest BCUT2D eigenvalue weighted by molar-refractivity contribution is 0.307. The number of pyridine rings is 1. The number of hydrogen-bond donors (Lipinski definition) is 0. The molecule has 0 atom stereocenters. The van der Waals surface area contributed by atoms with Crippen LogP contribution < -0.4 is 4.74 Å². The fourth-order valence-electron chi connectivity index (χ4n) is 2.28. The van der Waals surface area contributed by atoms with Crippen LogP contribution in [0.3, 0.4) is 0 Å². The highest BCUT2D eigenvalue weighted by atomic mass is 32.2. The lowest BCUT2D eigenvalue weighted by atomic mass is 10.1. The van der Waals surface area contributed by atoms with Crippen LogP contribution in [0.1, 0.15) is 11.4 Å². The Morgan fingerprint density at radius 1 is 1.25 bits per heavy atom. The van der Waals surface area contributed by atoms with Crippen molar-refractivity contribution < 1.29 is 17.3 Å². The van der Waals surface area contributed by atoms with E-state index in [9.17, 15) is 8.42 Å². The molecule has 24 heavy (non-hydrogen) atoms. The highest BCUT2D eigenvalue weighted by molar-refractivity contribution is 7.85. The number of rotatable bonds is 5. The molecule has 0 radical (unpaired) electrons. The topological polar surface area (TPSA) is 96.2 Å². The van der Waals surface area contributed by atoms with Gasteiger partial charge in [0.15, 0.2) is 0 Å². The summed E-state index contributed by atoms with van der Waals surface area (Å²) in [4.78, 5) is 4.49. The van der Waals surface area contributed by atoms with Crippen LogP contribution in [0.5, 0.6) is 5.75 Å². The van der Waals surface area contributed by atoms with Crippen molar-refractivity contribution in [1.82, 2.24) is 20.0 Å². The van der Waals surface area contributed by atoms with Gasteiger partial charge in [0.05, 0.1) is 30.8 Å². The van der Waals surface area contributed by atoms with E-state index in [0.29, 0.717) is 11.4 Å². The number of aryl methyl sites for hydroxylation is 1. The van der Waals surface area contributed by atoms with Gasteiger partial charge >= 0.3 is 0 Å². The van der Waals surface area contributed by atoms with E-state index in [1.54, 1.807) is 18.0 Å². The minimum atomic E-state index is -3.53. The van der Waals surface area contributed by atoms with Crippen molar-refractivity contribution in [2.75, 3.05) is 13.4 Å². The van der Waals surface area contributed by atoms with Crippen LogP contribution in [0.25, 0.3) is 16.6 Å². The summed E-state index contributed by atoms with van der Waals surface area (Å²) in [5.41, 5.74) is 2.81. The van der Waals surface area contributed by atoms with Gasteiger partial charge in [-0.1, -0.05) is 5.21 Å². The minimum Gasteiger partial charge on any atom is -0.497 e. The quantitative estimate of drug-likeness (QED) is 0.646. The van der Waals surface area contributed by atoms with Crippen LogP contribution in [0.15, 0.2) is 30.5 Å². The van der Waals surface area contributed by atoms with Crippen molar-refractivity contribution >= 4 is 21.0 Å². The van der Waals surface area contributed by atoms with Gasteiger partial charge in [-0.2, -0.15) is 8.42 Å². The van der Waals surface area contributed by atoms with E-state index in [1.165, 1.54) is 0 Å². The van der Waals surface area contributed by atoms with E-state index < -0.39 is 10.1 Å². The largest absolute Gasteiger partial charge is 0.497 e. The summed E-state index contributed by atoms with van der Waals surface area (Å²) < 4.78 is 33.7. The molecule has 0 saturated heterocycles. The Hall–Kier alpha value is -2.52. The van der Waals surface area contributed by atoms with Crippen LogP contribution >= 0.6 is 0 Å². The number of hydrogen-bond acceptors (Lipinski definition) is 7. The van der Waals surface area contributed by atoms with E-state index in [2.05, 4.69) is 15.3 Å². The molecule has 0 saturated carbocycles. The highest BCUT2D eigenvalue weighted by Gasteiger charge is 2.11. The molecule has 0 amide bonds. The predicted octanol–water partition coefficient (Wildman–Crippen LogP) is 1.61. The molecule has 2 aromatic heterocycles. The average Bonchev–Trinajstić information content (AvgIpc) is 3.00. The standard InChI is InChI=1S/C15H16N4O4S/c1-10-6-15(13-7-12(22-2)4-5-14(13)16-10)19-8-11(17-18-19)9-23-24(3,20)21/h4-8H,9H2,1-3H3. The number of methoxy groups -OCH3 is 1. The second kappa shape index (κ2) is 6.17. The van der Waals surface area contributed by atoms with Gasteiger partial charge < -0.3 is 4.74 Å². The summed E-state index contributed by atoms with van der Waals surface area (Å²) >= 11 is 0. The van der Waals surface area contributed by atoms with Gasteiger partial charge in [0.25, 0.3) is 10.1 Å². The molecule has 0 bridgehead atoms. The monoisotopic (exact) mass is 348 g/mol. The molecule has 0 aliphatic heterocycles. The highest BCUT2D eigenvalue weighted by Crippen LogP contribution is 2.26. The zero-order valence-corrected chi connectivity index (χ0v) is 14.2. The third-order valence-corrected chi connectivity index (χ3v) is 3.88. The van der Waals surface area contributed by atoms with E-state index in [1.807, 2.05) is 31.2 Å². The van der Waals surface area contributed by atoms with Gasteiger partial charge in [-0.15, -0.1) is 5.10 Å². The number of benzene rings is 1. The fourth-order valence-corrected chi connectivity index (χ4v) is 2.62. The van der Waals surface area contributed by atoms with Crippen molar-refractivity contribution in [1.29, 1.82) is 0 Å². The molecule has 1 aromatic carbocycles. The molecule has 3 aromatic rings. The van der Waals surface area contributed by atoms with Crippen molar-refractivity contribution in [3.8, 4) is 11.4 Å². The molecule has 0 aliphatic rings. The maximum Gasteiger partial charge on any atom is 0.264 e. The molecular weight excluding hydrogens is 332 g/mol. The first-order valence-electron chi connectivity index (χ1n) is 7.07. The Labute approximate surface area is 139 Å². The summed E-state index contributed by atoms with van der Waals surface area (Å²) in [5, 5.41) is 8.85. The number of ether oxygens (including phenoxy) is 1. The molecule has 126 valence electrons. The van der Waals surface area contributed by atoms with Gasteiger partial charge in [0.1, 0.15) is 18.1 Å². The van der Waals surface area contributed by atoms with Crippen molar-refractivity contribution in [2.45, 2.75) is 13.5 Å². The Kier molecular flexibility index (Phi) is 4.20. The van der Waals surface area contributed by atoms with Crippen LogP contribution in [0.2, 0.25) is 0 Å². The second-order valence-electron chi connectivity index (χ2n) is 5.29. The Bertz CT molecular complexity index is 998. The lowest BCUT2D eigenvalue weighted by Gasteiger charge is -2.09. The summed E-state index contributed by atoms with van der Waals surface area (Å²) in [6, 6.07) is 7.45. The van der Waals surface area contributed by atoms with Gasteiger partial charge in [-0.3, -0.25) is 9.17 Å². The summed E-state index contributed by atoms with van der Waals surface area (Å²) in [7, 11) is -1.94.